The number of benzene rings is 1. The molecule has 10 heteroatoms. The molecule has 1 aromatic carbocycles. The molecular formula is C22H24F4N4O2. The zero-order valence-electron chi connectivity index (χ0n) is 17.3. The Morgan fingerprint density at radius 3 is 2.41 bits per heavy atom. The van der Waals surface area contributed by atoms with Gasteiger partial charge in [-0.05, 0) is 55.2 Å². The van der Waals surface area contributed by atoms with Crippen molar-refractivity contribution < 1.29 is 27.5 Å². The number of rotatable bonds is 9. The molecule has 6 nitrogen and oxygen atoms in total. The third-order valence-electron chi connectivity index (χ3n) is 6.02. The Labute approximate surface area is 182 Å². The number of carboxylic acids is 1. The standard InChI is InChI=1S/C22H24F4N4O2/c23-19-20(27-10-15-7-14(8-15)9-18(31)32)28-12-29-21(19)30(17-5-6-17)11-13-1-3-16(4-2-13)22(24,25)26/h1-4,12,14-15,17H,5-11H2,(H,31,32)(H,27,28,29). The van der Waals surface area contributed by atoms with Gasteiger partial charge in [0.05, 0.1) is 5.56 Å². The number of carbonyl (C=O) groups is 1. The maximum atomic E-state index is 15.2. The number of aromatic nitrogens is 2. The molecule has 172 valence electrons. The predicted octanol–water partition coefficient (Wildman–Crippen LogP) is 4.72. The molecule has 0 spiro atoms. The first-order valence-electron chi connectivity index (χ1n) is 10.6. The second-order valence-electron chi connectivity index (χ2n) is 8.60. The summed E-state index contributed by atoms with van der Waals surface area (Å²) in [7, 11) is 0. The van der Waals surface area contributed by atoms with Crippen molar-refractivity contribution in [2.24, 2.45) is 11.8 Å². The van der Waals surface area contributed by atoms with Crippen molar-refractivity contribution in [2.45, 2.75) is 50.9 Å². The first kappa shape index (κ1) is 22.3. The van der Waals surface area contributed by atoms with Crippen LogP contribution in [-0.2, 0) is 17.5 Å². The van der Waals surface area contributed by atoms with E-state index in [-0.39, 0.29) is 42.5 Å². The monoisotopic (exact) mass is 452 g/mol. The average molecular weight is 452 g/mol. The number of hydrogen-bond donors (Lipinski definition) is 2. The summed E-state index contributed by atoms with van der Waals surface area (Å²) in [5.41, 5.74) is -0.0862. The lowest BCUT2D eigenvalue weighted by Crippen LogP contribution is -2.31. The van der Waals surface area contributed by atoms with E-state index in [4.69, 9.17) is 5.11 Å². The van der Waals surface area contributed by atoms with E-state index < -0.39 is 23.5 Å². The summed E-state index contributed by atoms with van der Waals surface area (Å²) < 4.78 is 53.6. The quantitative estimate of drug-likeness (QED) is 0.537. The van der Waals surface area contributed by atoms with E-state index in [1.807, 2.05) is 0 Å². The molecule has 2 aliphatic carbocycles. The third kappa shape index (κ3) is 5.28. The van der Waals surface area contributed by atoms with Crippen LogP contribution in [-0.4, -0.2) is 33.6 Å². The maximum Gasteiger partial charge on any atom is 0.416 e. The number of aliphatic carboxylic acids is 1. The van der Waals surface area contributed by atoms with Crippen molar-refractivity contribution in [1.29, 1.82) is 0 Å². The Balaban J connectivity index is 1.42. The second kappa shape index (κ2) is 8.91. The molecule has 0 unspecified atom stereocenters. The molecule has 2 aliphatic rings. The minimum atomic E-state index is -4.40. The van der Waals surface area contributed by atoms with E-state index in [0.717, 1.165) is 37.8 Å². The Hall–Kier alpha value is -2.91. The van der Waals surface area contributed by atoms with E-state index in [2.05, 4.69) is 15.3 Å². The smallest absolute Gasteiger partial charge is 0.416 e. The summed E-state index contributed by atoms with van der Waals surface area (Å²) in [6.07, 6.45) is 0.309. The number of nitrogens with one attached hydrogen (secondary N) is 1. The number of alkyl halides is 3. The van der Waals surface area contributed by atoms with Gasteiger partial charge in [-0.25, -0.2) is 9.97 Å². The third-order valence-corrected chi connectivity index (χ3v) is 6.02. The van der Waals surface area contributed by atoms with Crippen LogP contribution < -0.4 is 10.2 Å². The predicted molar refractivity (Wildman–Crippen MR) is 110 cm³/mol. The highest BCUT2D eigenvalue weighted by Gasteiger charge is 2.34. The van der Waals surface area contributed by atoms with Crippen molar-refractivity contribution in [3.05, 3.63) is 47.5 Å². The molecule has 0 saturated heterocycles. The van der Waals surface area contributed by atoms with Crippen molar-refractivity contribution in [3.63, 3.8) is 0 Å². The van der Waals surface area contributed by atoms with Crippen LogP contribution in [0.25, 0.3) is 0 Å². The van der Waals surface area contributed by atoms with Crippen LogP contribution in [0, 0.1) is 17.7 Å². The van der Waals surface area contributed by atoms with E-state index in [1.54, 1.807) is 4.90 Å². The van der Waals surface area contributed by atoms with Crippen molar-refractivity contribution in [3.8, 4) is 0 Å². The molecule has 1 aromatic heterocycles. The Morgan fingerprint density at radius 2 is 1.81 bits per heavy atom. The number of halogens is 4. The lowest BCUT2D eigenvalue weighted by atomic mass is 9.73. The largest absolute Gasteiger partial charge is 0.481 e. The van der Waals surface area contributed by atoms with E-state index in [9.17, 15) is 18.0 Å². The average Bonchev–Trinajstić information content (AvgIpc) is 3.53. The molecule has 0 radical (unpaired) electrons. The molecule has 4 rings (SSSR count). The lowest BCUT2D eigenvalue weighted by molar-refractivity contribution is -0.139. The van der Waals surface area contributed by atoms with Crippen molar-refractivity contribution in [1.82, 2.24) is 9.97 Å². The summed E-state index contributed by atoms with van der Waals surface area (Å²) in [6, 6.07) is 4.94. The molecule has 2 saturated carbocycles. The molecule has 2 aromatic rings. The normalized spacial score (nSPS) is 20.5. The van der Waals surface area contributed by atoms with Gasteiger partial charge in [0.1, 0.15) is 6.33 Å². The van der Waals surface area contributed by atoms with Gasteiger partial charge in [-0.2, -0.15) is 17.6 Å². The van der Waals surface area contributed by atoms with Crippen LogP contribution in [0.5, 0.6) is 0 Å². The fourth-order valence-electron chi connectivity index (χ4n) is 4.14. The van der Waals surface area contributed by atoms with Gasteiger partial charge in [-0.1, -0.05) is 12.1 Å². The Bertz CT molecular complexity index is 957. The summed E-state index contributed by atoms with van der Waals surface area (Å²) in [4.78, 5) is 20.6. The zero-order chi connectivity index (χ0) is 22.9. The number of carboxylic acid groups (broad SMARTS) is 1. The van der Waals surface area contributed by atoms with E-state index >= 15 is 4.39 Å². The van der Waals surface area contributed by atoms with Crippen LogP contribution >= 0.6 is 0 Å². The summed E-state index contributed by atoms with van der Waals surface area (Å²) >= 11 is 0. The van der Waals surface area contributed by atoms with Crippen LogP contribution in [0.3, 0.4) is 0 Å². The summed E-state index contributed by atoms with van der Waals surface area (Å²) in [6.45, 7) is 0.738. The van der Waals surface area contributed by atoms with Crippen molar-refractivity contribution >= 4 is 17.6 Å². The van der Waals surface area contributed by atoms with Gasteiger partial charge in [0, 0.05) is 25.6 Å². The molecule has 2 fully saturated rings. The van der Waals surface area contributed by atoms with Crippen LogP contribution in [0.2, 0.25) is 0 Å². The van der Waals surface area contributed by atoms with Gasteiger partial charge in [0.25, 0.3) is 0 Å². The van der Waals surface area contributed by atoms with Crippen LogP contribution in [0.4, 0.5) is 29.2 Å². The highest BCUT2D eigenvalue weighted by Crippen LogP contribution is 2.37. The fourth-order valence-corrected chi connectivity index (χ4v) is 4.14. The maximum absolute atomic E-state index is 15.2. The lowest BCUT2D eigenvalue weighted by Gasteiger charge is -2.34. The fraction of sp³-hybridized carbons (Fsp3) is 0.500. The summed E-state index contributed by atoms with van der Waals surface area (Å²) in [5.74, 6) is -0.756. The molecule has 0 amide bonds. The number of hydrogen-bond acceptors (Lipinski definition) is 5. The second-order valence-corrected chi connectivity index (χ2v) is 8.60. The SMILES string of the molecule is O=C(O)CC1CC(CNc2ncnc(N(Cc3ccc(C(F)(F)F)cc3)C3CC3)c2F)C1. The van der Waals surface area contributed by atoms with E-state index in [1.165, 1.54) is 18.5 Å². The summed E-state index contributed by atoms with van der Waals surface area (Å²) in [5, 5.41) is 11.8. The van der Waals surface area contributed by atoms with Gasteiger partial charge in [-0.3, -0.25) is 4.79 Å². The zero-order valence-corrected chi connectivity index (χ0v) is 17.3. The van der Waals surface area contributed by atoms with Gasteiger partial charge in [-0.15, -0.1) is 0 Å². The first-order valence-corrected chi connectivity index (χ1v) is 10.6. The highest BCUT2D eigenvalue weighted by molar-refractivity contribution is 5.67. The van der Waals surface area contributed by atoms with Gasteiger partial charge >= 0.3 is 12.1 Å². The molecule has 32 heavy (non-hydrogen) atoms. The number of nitrogens with zero attached hydrogens (tertiary/aromatic N) is 3. The van der Waals surface area contributed by atoms with Gasteiger partial charge in [0.2, 0.25) is 5.82 Å². The molecule has 0 aliphatic heterocycles. The molecule has 2 N–H and O–H groups in total. The Kier molecular flexibility index (Phi) is 6.21. The Morgan fingerprint density at radius 1 is 1.12 bits per heavy atom. The highest BCUT2D eigenvalue weighted by atomic mass is 19.4. The molecular weight excluding hydrogens is 428 g/mol. The molecule has 0 bridgehead atoms. The van der Waals surface area contributed by atoms with Gasteiger partial charge in [0.15, 0.2) is 11.6 Å². The first-order chi connectivity index (χ1) is 15.2. The number of anilines is 2. The van der Waals surface area contributed by atoms with E-state index in [0.29, 0.717) is 12.1 Å². The van der Waals surface area contributed by atoms with Crippen LogP contribution in [0.1, 0.15) is 43.2 Å². The minimum absolute atomic E-state index is 0.0785. The van der Waals surface area contributed by atoms with Gasteiger partial charge < -0.3 is 15.3 Å². The minimum Gasteiger partial charge on any atom is -0.481 e. The van der Waals surface area contributed by atoms with Crippen LogP contribution in [0.15, 0.2) is 30.6 Å². The topological polar surface area (TPSA) is 78.3 Å². The molecule has 1 heterocycles. The van der Waals surface area contributed by atoms with Crippen molar-refractivity contribution in [2.75, 3.05) is 16.8 Å². The molecule has 0 atom stereocenters.